The van der Waals surface area contributed by atoms with Crippen LogP contribution >= 0.6 is 10.6 Å². The Hall–Kier alpha value is -0.630. The molecule has 2 rings (SSSR count). The summed E-state index contributed by atoms with van der Waals surface area (Å²) in [4.78, 5) is 3.77. The third-order valence-electron chi connectivity index (χ3n) is 1.16. The van der Waals surface area contributed by atoms with E-state index in [4.69, 9.17) is 0 Å². The first-order chi connectivity index (χ1) is 5.62. The molecule has 1 spiro atoms. The average molecular weight is 207 g/mol. The van der Waals surface area contributed by atoms with Gasteiger partial charge in [-0.2, -0.15) is 8.42 Å². The Morgan fingerprint density at radius 1 is 1.17 bits per heavy atom. The quantitative estimate of drug-likeness (QED) is 0.594. The molecule has 2 aliphatic rings. The number of aliphatic imine (C=N–C) groups is 1. The van der Waals surface area contributed by atoms with Crippen molar-refractivity contribution in [1.29, 1.82) is 0 Å². The van der Waals surface area contributed by atoms with E-state index in [0.29, 0.717) is 0 Å². The molecular formula is C5H5NO4S2. The van der Waals surface area contributed by atoms with Gasteiger partial charge in [0.2, 0.25) is 0 Å². The van der Waals surface area contributed by atoms with Crippen molar-refractivity contribution >= 4 is 27.2 Å². The Morgan fingerprint density at radius 2 is 1.92 bits per heavy atom. The third-order valence-corrected chi connectivity index (χ3v) is 5.23. The molecule has 0 bridgehead atoms. The third kappa shape index (κ3) is 1.31. The predicted octanol–water partition coefficient (Wildman–Crippen LogP) is 0.982. The fraction of sp³-hybridized carbons (Fsp3) is 0. The van der Waals surface area contributed by atoms with Gasteiger partial charge >= 0.3 is 10.4 Å². The summed E-state index contributed by atoms with van der Waals surface area (Å²) >= 11 is 0. The van der Waals surface area contributed by atoms with Crippen LogP contribution in [-0.2, 0) is 17.7 Å². The highest BCUT2D eigenvalue weighted by molar-refractivity contribution is 8.40. The maximum Gasteiger partial charge on any atom is 0.438 e. The monoisotopic (exact) mass is 207 g/mol. The molecule has 5 nitrogen and oxygen atoms in total. The second-order valence-electron chi connectivity index (χ2n) is 2.05. The molecular weight excluding hydrogens is 202 g/mol. The highest BCUT2D eigenvalue weighted by Crippen LogP contribution is 2.64. The fourth-order valence-electron chi connectivity index (χ4n) is 0.766. The largest absolute Gasteiger partial charge is 0.438 e. The van der Waals surface area contributed by atoms with Crippen LogP contribution in [0.15, 0.2) is 28.1 Å². The molecule has 66 valence electrons. The van der Waals surface area contributed by atoms with Crippen LogP contribution < -0.4 is 0 Å². The van der Waals surface area contributed by atoms with Crippen molar-refractivity contribution in [3.05, 3.63) is 23.1 Å². The van der Waals surface area contributed by atoms with E-state index < -0.39 is 21.0 Å². The highest BCUT2D eigenvalue weighted by Gasteiger charge is 2.41. The second-order valence-corrected chi connectivity index (χ2v) is 5.67. The molecule has 0 amide bonds. The topological polar surface area (TPSA) is 65.0 Å². The molecule has 0 aromatic carbocycles. The van der Waals surface area contributed by atoms with E-state index in [0.717, 1.165) is 0 Å². The lowest BCUT2D eigenvalue weighted by Crippen LogP contribution is -2.24. The molecule has 0 aromatic rings. The first-order valence-corrected chi connectivity index (χ1v) is 5.93. The molecule has 1 saturated heterocycles. The Labute approximate surface area is 71.5 Å². The molecule has 2 heterocycles. The van der Waals surface area contributed by atoms with Crippen molar-refractivity contribution in [2.45, 2.75) is 0 Å². The Balaban J connectivity index is 2.27. The molecule has 0 aromatic heterocycles. The van der Waals surface area contributed by atoms with E-state index in [1.807, 2.05) is 0 Å². The molecule has 0 saturated carbocycles. The standard InChI is InChI=1S/C5H5NO4S2/c7-12(8)9-11(10-12)4-1-2-6-3-5-11/h1-5H. The first kappa shape index (κ1) is 7.99. The normalized spacial score (nSPS) is 31.0. The summed E-state index contributed by atoms with van der Waals surface area (Å²) < 4.78 is 30.3. The van der Waals surface area contributed by atoms with Gasteiger partial charge in [-0.3, -0.25) is 4.99 Å². The number of hydrogen-bond acceptors (Lipinski definition) is 5. The summed E-state index contributed by atoms with van der Waals surface area (Å²) in [5.74, 6) is 0. The zero-order chi connectivity index (χ0) is 8.66. The van der Waals surface area contributed by atoms with Crippen molar-refractivity contribution in [1.82, 2.24) is 0 Å². The van der Waals surface area contributed by atoms with Crippen LogP contribution in [0.4, 0.5) is 0 Å². The minimum atomic E-state index is -3.73. The van der Waals surface area contributed by atoms with Gasteiger partial charge in [-0.1, -0.05) is 0 Å². The molecule has 0 unspecified atom stereocenters. The lowest BCUT2D eigenvalue weighted by atomic mass is 10.7. The predicted molar refractivity (Wildman–Crippen MR) is 45.5 cm³/mol. The molecule has 2 aliphatic heterocycles. The van der Waals surface area contributed by atoms with Crippen LogP contribution in [0.25, 0.3) is 0 Å². The average Bonchev–Trinajstić information content (AvgIpc) is 2.10. The molecule has 1 fully saturated rings. The van der Waals surface area contributed by atoms with Crippen LogP contribution in [0.1, 0.15) is 0 Å². The van der Waals surface area contributed by atoms with Gasteiger partial charge in [0.05, 0.1) is 0 Å². The van der Waals surface area contributed by atoms with Gasteiger partial charge in [-0.15, -0.1) is 17.8 Å². The summed E-state index contributed by atoms with van der Waals surface area (Å²) in [6, 6.07) is 0. The maximum atomic E-state index is 10.5. The number of allylic oxidation sites excluding steroid dienone is 1. The lowest BCUT2D eigenvalue weighted by Gasteiger charge is -2.40. The van der Waals surface area contributed by atoms with E-state index >= 15 is 0 Å². The zero-order valence-electron chi connectivity index (χ0n) is 5.78. The van der Waals surface area contributed by atoms with Gasteiger partial charge in [0, 0.05) is 23.2 Å². The smallest absolute Gasteiger partial charge is 0.263 e. The van der Waals surface area contributed by atoms with Gasteiger partial charge in [0.15, 0.2) is 0 Å². The van der Waals surface area contributed by atoms with E-state index in [2.05, 4.69) is 12.3 Å². The molecule has 12 heavy (non-hydrogen) atoms. The minimum Gasteiger partial charge on any atom is -0.263 e. The van der Waals surface area contributed by atoms with Crippen molar-refractivity contribution in [3.63, 3.8) is 0 Å². The van der Waals surface area contributed by atoms with Gasteiger partial charge < -0.3 is 0 Å². The van der Waals surface area contributed by atoms with Gasteiger partial charge in [-0.25, -0.2) is 0 Å². The molecule has 7 heteroatoms. The van der Waals surface area contributed by atoms with E-state index in [9.17, 15) is 8.42 Å². The summed E-state index contributed by atoms with van der Waals surface area (Å²) in [5.41, 5.74) is 0. The summed E-state index contributed by atoms with van der Waals surface area (Å²) in [6.45, 7) is 0. The Morgan fingerprint density at radius 3 is 2.58 bits per heavy atom. The van der Waals surface area contributed by atoms with Crippen LogP contribution in [0.2, 0.25) is 0 Å². The van der Waals surface area contributed by atoms with Crippen LogP contribution in [0.3, 0.4) is 0 Å². The number of rotatable bonds is 0. The van der Waals surface area contributed by atoms with Gasteiger partial charge in [-0.05, 0) is 6.08 Å². The highest BCUT2D eigenvalue weighted by atomic mass is 32.4. The van der Waals surface area contributed by atoms with Gasteiger partial charge in [0.25, 0.3) is 0 Å². The fourth-order valence-corrected chi connectivity index (χ4v) is 4.24. The molecule has 0 N–H and O–H groups in total. The van der Waals surface area contributed by atoms with E-state index in [1.54, 1.807) is 11.5 Å². The van der Waals surface area contributed by atoms with Crippen LogP contribution in [0, 0.1) is 0 Å². The SMILES string of the molecule is O=S1(=O)OS2(C=CC=NC=C2)O1. The van der Waals surface area contributed by atoms with Crippen LogP contribution in [-0.4, -0.2) is 14.6 Å². The minimum absolute atomic E-state index is 1.45. The second kappa shape index (κ2) is 2.43. The van der Waals surface area contributed by atoms with E-state index in [1.165, 1.54) is 17.8 Å². The number of hydrogen-bond donors (Lipinski definition) is 0. The van der Waals surface area contributed by atoms with Crippen molar-refractivity contribution in [2.24, 2.45) is 4.99 Å². The van der Waals surface area contributed by atoms with Gasteiger partial charge in [0.1, 0.15) is 0 Å². The van der Waals surface area contributed by atoms with Crippen molar-refractivity contribution in [2.75, 3.05) is 0 Å². The summed E-state index contributed by atoms with van der Waals surface area (Å²) in [5, 5.41) is 3.04. The summed E-state index contributed by atoms with van der Waals surface area (Å²) in [6.07, 6.45) is 4.56. The lowest BCUT2D eigenvalue weighted by molar-refractivity contribution is 0.355. The van der Waals surface area contributed by atoms with Crippen molar-refractivity contribution < 1.29 is 15.7 Å². The Kier molecular flexibility index (Phi) is 1.62. The number of nitrogens with zero attached hydrogens (tertiary/aromatic N) is 1. The Bertz CT molecular complexity index is 350. The van der Waals surface area contributed by atoms with Crippen molar-refractivity contribution in [3.8, 4) is 0 Å². The summed E-state index contributed by atoms with van der Waals surface area (Å²) in [7, 11) is -5.84. The maximum absolute atomic E-state index is 10.5. The van der Waals surface area contributed by atoms with E-state index in [-0.39, 0.29) is 0 Å². The molecule has 0 aliphatic carbocycles. The first-order valence-electron chi connectivity index (χ1n) is 2.99. The zero-order valence-corrected chi connectivity index (χ0v) is 7.42. The molecule has 0 atom stereocenters. The van der Waals surface area contributed by atoms with Crippen LogP contribution in [0.5, 0.6) is 0 Å². The molecule has 0 radical (unpaired) electrons.